The number of phenols is 1. The van der Waals surface area contributed by atoms with Gasteiger partial charge in [-0.1, -0.05) is 35.9 Å². The van der Waals surface area contributed by atoms with Crippen molar-refractivity contribution in [2.24, 2.45) is 4.99 Å². The predicted molar refractivity (Wildman–Crippen MR) is 117 cm³/mol. The molecule has 0 fully saturated rings. The number of aryl methyl sites for hydroxylation is 1. The Balaban J connectivity index is 1.88. The van der Waals surface area contributed by atoms with E-state index in [0.717, 1.165) is 27.9 Å². The topological polar surface area (TPSA) is 52.9 Å². The van der Waals surface area contributed by atoms with Crippen LogP contribution in [0.15, 0.2) is 71.7 Å². The van der Waals surface area contributed by atoms with Crippen LogP contribution in [0.25, 0.3) is 0 Å². The van der Waals surface area contributed by atoms with E-state index in [9.17, 15) is 9.90 Å². The second kappa shape index (κ2) is 7.72. The number of aliphatic imine (C=N–C) groups is 1. The number of likely N-dealkylation sites (N-methyl/N-ethyl adjacent to an activating group) is 1. The van der Waals surface area contributed by atoms with Crippen molar-refractivity contribution in [2.45, 2.75) is 19.4 Å². The van der Waals surface area contributed by atoms with Crippen LogP contribution in [0.1, 0.15) is 22.3 Å². The Labute approximate surface area is 175 Å². The molecule has 29 heavy (non-hydrogen) atoms. The van der Waals surface area contributed by atoms with Crippen LogP contribution in [0.3, 0.4) is 0 Å². The number of carbonyl (C=O) groups is 1. The smallest absolute Gasteiger partial charge is 0.251 e. The number of carbonyl (C=O) groups excluding carboxylic acids is 1. The fourth-order valence-corrected chi connectivity index (χ4v) is 3.82. The molecule has 1 atom stereocenters. The van der Waals surface area contributed by atoms with Crippen molar-refractivity contribution < 1.29 is 9.90 Å². The molecular formula is C24H21ClN2O2. The average Bonchev–Trinajstić information content (AvgIpc) is 2.81. The van der Waals surface area contributed by atoms with E-state index in [4.69, 9.17) is 16.6 Å². The number of halogens is 1. The molecule has 3 aromatic carbocycles. The van der Waals surface area contributed by atoms with Gasteiger partial charge in [0.1, 0.15) is 11.8 Å². The summed E-state index contributed by atoms with van der Waals surface area (Å²) in [5.74, 6) is 0.115. The summed E-state index contributed by atoms with van der Waals surface area (Å²) >= 11 is 6.28. The van der Waals surface area contributed by atoms with Gasteiger partial charge in [0, 0.05) is 29.6 Å². The molecule has 0 saturated heterocycles. The number of hydrogen-bond acceptors (Lipinski definition) is 3. The lowest BCUT2D eigenvalue weighted by Crippen LogP contribution is -2.36. The molecule has 4 rings (SSSR count). The highest BCUT2D eigenvalue weighted by molar-refractivity contribution is 6.32. The number of phenolic OH excluding ortho intramolecular Hbond substituents is 1. The Kier molecular flexibility index (Phi) is 5.12. The Morgan fingerprint density at radius 1 is 1.07 bits per heavy atom. The fraction of sp³-hybridized carbons (Fsp3) is 0.167. The molecule has 4 nitrogen and oxygen atoms in total. The van der Waals surface area contributed by atoms with E-state index in [1.165, 1.54) is 0 Å². The second-order valence-electron chi connectivity index (χ2n) is 7.23. The highest BCUT2D eigenvalue weighted by Crippen LogP contribution is 2.31. The molecule has 1 unspecified atom stereocenters. The summed E-state index contributed by atoms with van der Waals surface area (Å²) in [7, 11) is 1.77. The van der Waals surface area contributed by atoms with E-state index in [1.807, 2.05) is 43.3 Å². The van der Waals surface area contributed by atoms with Crippen LogP contribution in [0.2, 0.25) is 5.02 Å². The summed E-state index contributed by atoms with van der Waals surface area (Å²) in [6.07, 6.45) is 0.513. The molecule has 0 aliphatic carbocycles. The van der Waals surface area contributed by atoms with Gasteiger partial charge in [0.25, 0.3) is 5.91 Å². The minimum absolute atomic E-state index is 0.0643. The zero-order valence-corrected chi connectivity index (χ0v) is 17.0. The SMILES string of the molecule is Cc1ccccc1CC1N=C(c2ccc(O)cc2)c2cc(Cl)ccc2N(C)C1=O. The van der Waals surface area contributed by atoms with Crippen molar-refractivity contribution in [1.82, 2.24) is 0 Å². The molecule has 0 radical (unpaired) electrons. The van der Waals surface area contributed by atoms with Gasteiger partial charge in [-0.05, 0) is 60.5 Å². The van der Waals surface area contributed by atoms with E-state index < -0.39 is 6.04 Å². The molecule has 1 aliphatic heterocycles. The third kappa shape index (κ3) is 3.76. The van der Waals surface area contributed by atoms with E-state index in [-0.39, 0.29) is 11.7 Å². The van der Waals surface area contributed by atoms with Crippen LogP contribution in [0.5, 0.6) is 5.75 Å². The number of amides is 1. The summed E-state index contributed by atoms with van der Waals surface area (Å²) in [4.78, 5) is 19.9. The molecule has 146 valence electrons. The lowest BCUT2D eigenvalue weighted by atomic mass is 9.99. The number of aromatic hydroxyl groups is 1. The number of hydrogen-bond donors (Lipinski definition) is 1. The maximum Gasteiger partial charge on any atom is 0.251 e. The molecule has 1 N–H and O–H groups in total. The maximum absolute atomic E-state index is 13.3. The summed E-state index contributed by atoms with van der Waals surface area (Å²) in [6, 6.07) is 19.8. The van der Waals surface area contributed by atoms with Crippen molar-refractivity contribution in [3.8, 4) is 5.75 Å². The minimum Gasteiger partial charge on any atom is -0.508 e. The largest absolute Gasteiger partial charge is 0.508 e. The van der Waals surface area contributed by atoms with Gasteiger partial charge < -0.3 is 10.0 Å². The van der Waals surface area contributed by atoms with Crippen molar-refractivity contribution in [3.05, 3.63) is 94.0 Å². The van der Waals surface area contributed by atoms with Gasteiger partial charge in [-0.25, -0.2) is 0 Å². The Bertz CT molecular complexity index is 1110. The normalized spacial score (nSPS) is 16.2. The number of rotatable bonds is 3. The van der Waals surface area contributed by atoms with Crippen molar-refractivity contribution in [2.75, 3.05) is 11.9 Å². The van der Waals surface area contributed by atoms with Gasteiger partial charge in [0.2, 0.25) is 0 Å². The molecule has 0 aromatic heterocycles. The van der Waals surface area contributed by atoms with Gasteiger partial charge in [-0.3, -0.25) is 9.79 Å². The second-order valence-corrected chi connectivity index (χ2v) is 7.67. The lowest BCUT2D eigenvalue weighted by molar-refractivity contribution is -0.119. The van der Waals surface area contributed by atoms with E-state index >= 15 is 0 Å². The first-order valence-corrected chi connectivity index (χ1v) is 9.81. The number of benzene rings is 3. The van der Waals surface area contributed by atoms with Crippen LogP contribution in [-0.4, -0.2) is 29.8 Å². The van der Waals surface area contributed by atoms with Gasteiger partial charge >= 0.3 is 0 Å². The van der Waals surface area contributed by atoms with Crippen LogP contribution in [0, 0.1) is 6.92 Å². The van der Waals surface area contributed by atoms with E-state index in [2.05, 4.69) is 0 Å². The van der Waals surface area contributed by atoms with Gasteiger partial charge in [0.15, 0.2) is 0 Å². The molecule has 0 bridgehead atoms. The zero-order chi connectivity index (χ0) is 20.5. The molecule has 0 saturated carbocycles. The standard InChI is InChI=1S/C24H21ClN2O2/c1-15-5-3-4-6-17(15)13-21-24(29)27(2)22-12-9-18(25)14-20(22)23(26-21)16-7-10-19(28)11-8-16/h3-12,14,21,28H,13H2,1-2H3. The van der Waals surface area contributed by atoms with Crippen molar-refractivity contribution >= 4 is 28.9 Å². The van der Waals surface area contributed by atoms with E-state index in [1.54, 1.807) is 42.3 Å². The number of nitrogens with zero attached hydrogens (tertiary/aromatic N) is 2. The third-order valence-electron chi connectivity index (χ3n) is 5.29. The van der Waals surface area contributed by atoms with Crippen LogP contribution in [0.4, 0.5) is 5.69 Å². The molecule has 1 heterocycles. The highest BCUT2D eigenvalue weighted by atomic mass is 35.5. The summed E-state index contributed by atoms with van der Waals surface area (Å²) < 4.78 is 0. The minimum atomic E-state index is -0.559. The van der Waals surface area contributed by atoms with Crippen LogP contribution < -0.4 is 4.90 Å². The molecular weight excluding hydrogens is 384 g/mol. The number of fused-ring (bicyclic) bond motifs is 1. The van der Waals surface area contributed by atoms with Crippen molar-refractivity contribution in [1.29, 1.82) is 0 Å². The zero-order valence-electron chi connectivity index (χ0n) is 16.3. The quantitative estimate of drug-likeness (QED) is 0.683. The fourth-order valence-electron chi connectivity index (χ4n) is 3.64. The molecule has 0 spiro atoms. The first-order chi connectivity index (χ1) is 13.9. The monoisotopic (exact) mass is 404 g/mol. The van der Waals surface area contributed by atoms with Gasteiger partial charge in [-0.15, -0.1) is 0 Å². The summed E-state index contributed by atoms with van der Waals surface area (Å²) in [6.45, 7) is 2.04. The molecule has 1 amide bonds. The first kappa shape index (κ1) is 19.2. The van der Waals surface area contributed by atoms with Gasteiger partial charge in [0.05, 0.1) is 11.4 Å². The highest BCUT2D eigenvalue weighted by Gasteiger charge is 2.30. The lowest BCUT2D eigenvalue weighted by Gasteiger charge is -2.21. The van der Waals surface area contributed by atoms with Gasteiger partial charge in [-0.2, -0.15) is 0 Å². The number of anilines is 1. The maximum atomic E-state index is 13.3. The Morgan fingerprint density at radius 3 is 2.52 bits per heavy atom. The van der Waals surface area contributed by atoms with Crippen LogP contribution >= 0.6 is 11.6 Å². The average molecular weight is 405 g/mol. The summed E-state index contributed by atoms with van der Waals surface area (Å²) in [5, 5.41) is 10.3. The van der Waals surface area contributed by atoms with Crippen LogP contribution in [-0.2, 0) is 11.2 Å². The Morgan fingerprint density at radius 2 is 1.79 bits per heavy atom. The first-order valence-electron chi connectivity index (χ1n) is 9.43. The predicted octanol–water partition coefficient (Wildman–Crippen LogP) is 4.78. The van der Waals surface area contributed by atoms with Crippen molar-refractivity contribution in [3.63, 3.8) is 0 Å². The number of benzodiazepines with no additional fused rings is 1. The molecule has 3 aromatic rings. The summed E-state index contributed by atoms with van der Waals surface area (Å²) in [5.41, 5.74) is 5.30. The molecule has 5 heteroatoms. The molecule has 1 aliphatic rings. The van der Waals surface area contributed by atoms with E-state index in [0.29, 0.717) is 17.2 Å². The Hall–Kier alpha value is -3.11. The third-order valence-corrected chi connectivity index (χ3v) is 5.53.